The Morgan fingerprint density at radius 3 is 2.77 bits per heavy atom. The molecule has 0 saturated carbocycles. The van der Waals surface area contributed by atoms with Crippen LogP contribution in [-0.2, 0) is 11.3 Å². The van der Waals surface area contributed by atoms with Crippen LogP contribution < -0.4 is 10.2 Å². The van der Waals surface area contributed by atoms with Gasteiger partial charge in [-0.05, 0) is 18.9 Å². The average molecular weight is 423 g/mol. The van der Waals surface area contributed by atoms with Crippen molar-refractivity contribution in [2.75, 3.05) is 11.9 Å². The van der Waals surface area contributed by atoms with Crippen molar-refractivity contribution in [1.82, 2.24) is 29.9 Å². The molecule has 4 heterocycles. The number of carbonyl (C=O) groups is 2. The predicted octanol–water partition coefficient (Wildman–Crippen LogP) is 1.95. The largest absolute Gasteiger partial charge is 0.337 e. The van der Waals surface area contributed by atoms with Crippen LogP contribution in [0.2, 0.25) is 0 Å². The van der Waals surface area contributed by atoms with E-state index in [9.17, 15) is 14.0 Å². The molecule has 0 saturated heterocycles. The molecule has 2 aromatic heterocycles. The van der Waals surface area contributed by atoms with E-state index in [2.05, 4.69) is 20.5 Å². The molecule has 5 rings (SSSR count). The zero-order valence-electron chi connectivity index (χ0n) is 17.2. The summed E-state index contributed by atoms with van der Waals surface area (Å²) in [6.07, 6.45) is -0.683. The van der Waals surface area contributed by atoms with Gasteiger partial charge in [0, 0.05) is 26.1 Å². The first kappa shape index (κ1) is 19.4. The van der Waals surface area contributed by atoms with Crippen LogP contribution in [0.15, 0.2) is 36.4 Å². The molecule has 1 N–H and O–H groups in total. The van der Waals surface area contributed by atoms with Crippen molar-refractivity contribution in [3.8, 4) is 0 Å². The molecule has 1 aromatic carbocycles. The van der Waals surface area contributed by atoms with Gasteiger partial charge in [0.15, 0.2) is 12.0 Å². The Morgan fingerprint density at radius 1 is 1.23 bits per heavy atom. The average Bonchev–Trinajstić information content (AvgIpc) is 3.43. The van der Waals surface area contributed by atoms with Crippen molar-refractivity contribution in [2.24, 2.45) is 0 Å². The van der Waals surface area contributed by atoms with Gasteiger partial charge < -0.3 is 5.32 Å². The molecular formula is C21H22FN7O2. The lowest BCUT2D eigenvalue weighted by atomic mass is 10.0. The lowest BCUT2D eigenvalue weighted by Crippen LogP contribution is -2.47. The third-order valence-electron chi connectivity index (χ3n) is 5.84. The lowest BCUT2D eigenvalue weighted by Gasteiger charge is -2.20. The number of fused-ring (bicyclic) bond motifs is 2. The monoisotopic (exact) mass is 423 g/mol. The van der Waals surface area contributed by atoms with Crippen LogP contribution in [0.5, 0.6) is 0 Å². The van der Waals surface area contributed by atoms with Crippen LogP contribution in [0, 0.1) is 6.92 Å². The maximum absolute atomic E-state index is 14.6. The molecule has 3 aromatic rings. The first-order valence-corrected chi connectivity index (χ1v) is 10.2. The Balaban J connectivity index is 1.36. The van der Waals surface area contributed by atoms with Gasteiger partial charge in [-0.3, -0.25) is 14.5 Å². The third-order valence-corrected chi connectivity index (χ3v) is 5.84. The minimum absolute atomic E-state index is 0.133. The van der Waals surface area contributed by atoms with Crippen molar-refractivity contribution in [2.45, 2.75) is 44.6 Å². The fraction of sp³-hybridized carbons (Fsp3) is 0.381. The first-order chi connectivity index (χ1) is 14.9. The Labute approximate surface area is 177 Å². The predicted molar refractivity (Wildman–Crippen MR) is 109 cm³/mol. The molecule has 160 valence electrons. The summed E-state index contributed by atoms with van der Waals surface area (Å²) >= 11 is 0. The number of hydrogen-bond acceptors (Lipinski definition) is 5. The number of rotatable bonds is 3. The summed E-state index contributed by atoms with van der Waals surface area (Å²) in [5.74, 6) is -0.150. The van der Waals surface area contributed by atoms with E-state index in [1.807, 2.05) is 43.3 Å². The molecular weight excluding hydrogens is 401 g/mol. The topological polar surface area (TPSA) is 97.9 Å². The summed E-state index contributed by atoms with van der Waals surface area (Å²) in [4.78, 5) is 31.3. The standard InChI is InChI=1S/C21H22FN7O2/c1-12-10-17-27(2)21(31)15(8-9-28(17)25-12)23-20(30)18-24-19-14(22)11-16(29(19)26-18)13-6-4-3-5-7-13/h3-7,10,14-16H,8-9,11H2,1-2H3,(H,23,30)/t14-,15?,16+/m0/s1. The number of anilines is 1. The highest BCUT2D eigenvalue weighted by molar-refractivity contribution is 6.00. The van der Waals surface area contributed by atoms with Crippen molar-refractivity contribution in [3.63, 3.8) is 0 Å². The fourth-order valence-electron chi connectivity index (χ4n) is 4.27. The number of amides is 2. The number of halogens is 1. The number of hydrogen-bond donors (Lipinski definition) is 1. The number of nitrogens with zero attached hydrogens (tertiary/aromatic N) is 6. The SMILES string of the molecule is Cc1cc2n(n1)CCC(NC(=O)c1nc3n(n1)[C@@H](c1ccccc1)C[C@@H]3F)C(=O)N2C. The Kier molecular flexibility index (Phi) is 4.57. The maximum Gasteiger partial charge on any atom is 0.291 e. The Bertz CT molecular complexity index is 1160. The lowest BCUT2D eigenvalue weighted by molar-refractivity contribution is -0.120. The first-order valence-electron chi connectivity index (χ1n) is 10.2. The Morgan fingerprint density at radius 2 is 2.00 bits per heavy atom. The van der Waals surface area contributed by atoms with Crippen LogP contribution in [-0.4, -0.2) is 49.4 Å². The van der Waals surface area contributed by atoms with E-state index >= 15 is 0 Å². The molecule has 0 bridgehead atoms. The highest BCUT2D eigenvalue weighted by Gasteiger charge is 2.37. The van der Waals surface area contributed by atoms with Crippen LogP contribution >= 0.6 is 0 Å². The number of aryl methyl sites for hydroxylation is 2. The zero-order valence-corrected chi connectivity index (χ0v) is 17.2. The van der Waals surface area contributed by atoms with Crippen molar-refractivity contribution in [3.05, 3.63) is 59.3 Å². The van der Waals surface area contributed by atoms with E-state index in [0.717, 1.165) is 11.3 Å². The molecule has 9 nitrogen and oxygen atoms in total. The maximum atomic E-state index is 14.6. The number of likely N-dealkylation sites (N-methyl/N-ethyl adjacent to an activating group) is 1. The van der Waals surface area contributed by atoms with Crippen molar-refractivity contribution >= 4 is 17.6 Å². The summed E-state index contributed by atoms with van der Waals surface area (Å²) in [6, 6.07) is 10.2. The number of carbonyl (C=O) groups excluding carboxylic acids is 2. The number of nitrogens with one attached hydrogen (secondary N) is 1. The quantitative estimate of drug-likeness (QED) is 0.694. The minimum atomic E-state index is -1.30. The third kappa shape index (κ3) is 3.28. The molecule has 10 heteroatoms. The van der Waals surface area contributed by atoms with Crippen LogP contribution in [0.1, 0.15) is 52.8 Å². The van der Waals surface area contributed by atoms with E-state index in [0.29, 0.717) is 18.8 Å². The second-order valence-electron chi connectivity index (χ2n) is 7.95. The zero-order chi connectivity index (χ0) is 21.7. The molecule has 0 radical (unpaired) electrons. The number of benzene rings is 1. The van der Waals surface area contributed by atoms with Gasteiger partial charge in [-0.2, -0.15) is 5.10 Å². The van der Waals surface area contributed by atoms with Gasteiger partial charge in [-0.25, -0.2) is 18.7 Å². The summed E-state index contributed by atoms with van der Waals surface area (Å²) in [6.45, 7) is 2.35. The summed E-state index contributed by atoms with van der Waals surface area (Å²) in [5.41, 5.74) is 1.73. The fourth-order valence-corrected chi connectivity index (χ4v) is 4.27. The Hall–Kier alpha value is -3.56. The normalized spacial score (nSPS) is 22.7. The van der Waals surface area contributed by atoms with Crippen LogP contribution in [0.3, 0.4) is 0 Å². The minimum Gasteiger partial charge on any atom is -0.337 e. The molecule has 1 unspecified atom stereocenters. The molecule has 0 fully saturated rings. The van der Waals surface area contributed by atoms with Gasteiger partial charge >= 0.3 is 0 Å². The molecule has 31 heavy (non-hydrogen) atoms. The smallest absolute Gasteiger partial charge is 0.291 e. The second kappa shape index (κ2) is 7.29. The highest BCUT2D eigenvalue weighted by Crippen LogP contribution is 2.39. The van der Waals surface area contributed by atoms with Crippen LogP contribution in [0.25, 0.3) is 0 Å². The van der Waals surface area contributed by atoms with Gasteiger partial charge in [0.25, 0.3) is 11.8 Å². The summed E-state index contributed by atoms with van der Waals surface area (Å²) in [7, 11) is 1.65. The van der Waals surface area contributed by atoms with Gasteiger partial charge in [0.2, 0.25) is 5.82 Å². The van der Waals surface area contributed by atoms with Crippen LogP contribution in [0.4, 0.5) is 10.2 Å². The van der Waals surface area contributed by atoms with Gasteiger partial charge in [-0.15, -0.1) is 5.10 Å². The molecule has 0 spiro atoms. The molecule has 3 atom stereocenters. The molecule has 2 aliphatic rings. The van der Waals surface area contributed by atoms with E-state index in [1.54, 1.807) is 11.7 Å². The number of alkyl halides is 1. The molecule has 2 aliphatic heterocycles. The van der Waals surface area contributed by atoms with E-state index in [4.69, 9.17) is 0 Å². The van der Waals surface area contributed by atoms with Gasteiger partial charge in [-0.1, -0.05) is 30.3 Å². The second-order valence-corrected chi connectivity index (χ2v) is 7.95. The molecule has 2 amide bonds. The summed E-state index contributed by atoms with van der Waals surface area (Å²) in [5, 5.41) is 11.4. The number of aromatic nitrogens is 5. The van der Waals surface area contributed by atoms with E-state index in [1.165, 1.54) is 9.58 Å². The van der Waals surface area contributed by atoms with Crippen molar-refractivity contribution in [1.29, 1.82) is 0 Å². The van der Waals surface area contributed by atoms with Crippen molar-refractivity contribution < 1.29 is 14.0 Å². The highest BCUT2D eigenvalue weighted by atomic mass is 19.1. The van der Waals surface area contributed by atoms with E-state index in [-0.39, 0.29) is 30.0 Å². The van der Waals surface area contributed by atoms with Gasteiger partial charge in [0.05, 0.1) is 11.7 Å². The van der Waals surface area contributed by atoms with Gasteiger partial charge in [0.1, 0.15) is 11.9 Å². The molecule has 0 aliphatic carbocycles. The van der Waals surface area contributed by atoms with E-state index < -0.39 is 18.1 Å². The summed E-state index contributed by atoms with van der Waals surface area (Å²) < 4.78 is 17.8.